The maximum Gasteiger partial charge on any atom is 0.221 e. The number of halogens is 1. The highest BCUT2D eigenvalue weighted by atomic mass is 79.9. The van der Waals surface area contributed by atoms with E-state index >= 15 is 0 Å². The zero-order chi connectivity index (χ0) is 15.2. The van der Waals surface area contributed by atoms with Crippen LogP contribution in [0.15, 0.2) is 33.6 Å². The van der Waals surface area contributed by atoms with E-state index < -0.39 is 0 Å². The molecule has 0 radical (unpaired) electrons. The zero-order valence-electron chi connectivity index (χ0n) is 12.3. The summed E-state index contributed by atoms with van der Waals surface area (Å²) in [4.78, 5) is 13.2. The van der Waals surface area contributed by atoms with Gasteiger partial charge in [-0.15, -0.1) is 11.8 Å². The maximum absolute atomic E-state index is 12.0. The molecule has 0 aliphatic carbocycles. The van der Waals surface area contributed by atoms with Gasteiger partial charge in [-0.3, -0.25) is 4.79 Å². The van der Waals surface area contributed by atoms with E-state index in [1.165, 1.54) is 0 Å². The summed E-state index contributed by atoms with van der Waals surface area (Å²) in [5.41, 5.74) is 5.45. The summed E-state index contributed by atoms with van der Waals surface area (Å²) in [6.45, 7) is 6.59. The van der Waals surface area contributed by atoms with Crippen LogP contribution >= 0.6 is 27.7 Å². The fourth-order valence-corrected chi connectivity index (χ4v) is 3.14. The predicted octanol–water partition coefficient (Wildman–Crippen LogP) is 3.42. The van der Waals surface area contributed by atoms with Gasteiger partial charge in [-0.25, -0.2) is 0 Å². The van der Waals surface area contributed by atoms with Crippen molar-refractivity contribution < 1.29 is 4.79 Å². The number of nitrogens with one attached hydrogen (secondary N) is 1. The van der Waals surface area contributed by atoms with Gasteiger partial charge in [0.2, 0.25) is 5.91 Å². The van der Waals surface area contributed by atoms with Crippen LogP contribution in [0.5, 0.6) is 0 Å². The number of rotatable bonds is 7. The van der Waals surface area contributed by atoms with Crippen LogP contribution in [0.1, 0.15) is 27.2 Å². The lowest BCUT2D eigenvalue weighted by Crippen LogP contribution is -2.55. The number of carbonyl (C=O) groups is 1. The van der Waals surface area contributed by atoms with Crippen LogP contribution in [0, 0.1) is 5.92 Å². The van der Waals surface area contributed by atoms with Crippen LogP contribution in [-0.4, -0.2) is 23.7 Å². The molecule has 0 bridgehead atoms. The Labute approximate surface area is 134 Å². The van der Waals surface area contributed by atoms with Gasteiger partial charge in [-0.05, 0) is 40.9 Å². The van der Waals surface area contributed by atoms with Gasteiger partial charge < -0.3 is 11.1 Å². The summed E-state index contributed by atoms with van der Waals surface area (Å²) in [6, 6.07) is 8.03. The second-order valence-electron chi connectivity index (χ2n) is 5.35. The molecule has 20 heavy (non-hydrogen) atoms. The lowest BCUT2D eigenvalue weighted by atomic mass is 9.88. The number of hydrogen-bond donors (Lipinski definition) is 2. The van der Waals surface area contributed by atoms with Crippen molar-refractivity contribution in [2.45, 2.75) is 37.6 Å². The predicted molar refractivity (Wildman–Crippen MR) is 89.9 cm³/mol. The Kier molecular flexibility index (Phi) is 7.06. The summed E-state index contributed by atoms with van der Waals surface area (Å²) in [5.74, 6) is 1.13. The Morgan fingerprint density at radius 2 is 2.10 bits per heavy atom. The Hall–Kier alpha value is -0.520. The molecule has 1 aromatic rings. The van der Waals surface area contributed by atoms with E-state index in [0.717, 1.165) is 15.1 Å². The first-order valence-corrected chi connectivity index (χ1v) is 8.55. The molecule has 1 aromatic carbocycles. The minimum atomic E-state index is -0.324. The molecule has 5 heteroatoms. The first kappa shape index (κ1) is 17.5. The van der Waals surface area contributed by atoms with Gasteiger partial charge in [0.1, 0.15) is 0 Å². The molecule has 1 atom stereocenters. The SMILES string of the molecule is CC(C)C(C)(CN)NC(=O)CCSc1ccccc1Br. The molecule has 1 rings (SSSR count). The lowest BCUT2D eigenvalue weighted by molar-refractivity contribution is -0.122. The van der Waals surface area contributed by atoms with E-state index in [4.69, 9.17) is 5.73 Å². The fourth-order valence-electron chi connectivity index (χ4n) is 1.63. The smallest absolute Gasteiger partial charge is 0.221 e. The normalized spacial score (nSPS) is 14.1. The summed E-state index contributed by atoms with van der Waals surface area (Å²) in [5, 5.41) is 3.05. The lowest BCUT2D eigenvalue weighted by Gasteiger charge is -2.33. The van der Waals surface area contributed by atoms with Gasteiger partial charge in [0.05, 0.1) is 5.54 Å². The third-order valence-corrected chi connectivity index (χ3v) is 5.58. The van der Waals surface area contributed by atoms with E-state index in [0.29, 0.717) is 18.9 Å². The Bertz CT molecular complexity index is 453. The summed E-state index contributed by atoms with van der Waals surface area (Å²) in [6.07, 6.45) is 0.494. The van der Waals surface area contributed by atoms with Gasteiger partial charge in [0.15, 0.2) is 0 Å². The monoisotopic (exact) mass is 358 g/mol. The van der Waals surface area contributed by atoms with Gasteiger partial charge in [0, 0.05) is 28.1 Å². The molecular formula is C15H23BrN2OS. The van der Waals surface area contributed by atoms with Crippen LogP contribution in [0.25, 0.3) is 0 Å². The number of carbonyl (C=O) groups excluding carboxylic acids is 1. The summed E-state index contributed by atoms with van der Waals surface area (Å²) < 4.78 is 1.07. The van der Waals surface area contributed by atoms with E-state index in [-0.39, 0.29) is 11.4 Å². The molecular weight excluding hydrogens is 336 g/mol. The maximum atomic E-state index is 12.0. The van der Waals surface area contributed by atoms with Gasteiger partial charge in [0.25, 0.3) is 0 Å². The first-order chi connectivity index (χ1) is 9.39. The van der Waals surface area contributed by atoms with Crippen molar-refractivity contribution in [3.05, 3.63) is 28.7 Å². The Balaban J connectivity index is 2.43. The van der Waals surface area contributed by atoms with E-state index in [2.05, 4.69) is 35.1 Å². The van der Waals surface area contributed by atoms with Crippen molar-refractivity contribution in [3.8, 4) is 0 Å². The third kappa shape index (κ3) is 5.11. The molecule has 0 spiro atoms. The van der Waals surface area contributed by atoms with Gasteiger partial charge in [-0.1, -0.05) is 26.0 Å². The Morgan fingerprint density at radius 1 is 1.45 bits per heavy atom. The average molecular weight is 359 g/mol. The standard InChI is InChI=1S/C15H23BrN2OS/c1-11(2)15(3,10-17)18-14(19)8-9-20-13-7-5-4-6-12(13)16/h4-7,11H,8-10,17H2,1-3H3,(H,18,19). The average Bonchev–Trinajstić information content (AvgIpc) is 2.40. The Morgan fingerprint density at radius 3 is 2.65 bits per heavy atom. The minimum Gasteiger partial charge on any atom is -0.349 e. The third-order valence-electron chi connectivity index (χ3n) is 3.55. The number of amides is 1. The molecule has 0 aliphatic heterocycles. The number of hydrogen-bond acceptors (Lipinski definition) is 3. The van der Waals surface area contributed by atoms with Gasteiger partial charge in [-0.2, -0.15) is 0 Å². The van der Waals surface area contributed by atoms with E-state index in [1.807, 2.05) is 31.2 Å². The second-order valence-corrected chi connectivity index (χ2v) is 7.34. The highest BCUT2D eigenvalue weighted by Gasteiger charge is 2.28. The summed E-state index contributed by atoms with van der Waals surface area (Å²) >= 11 is 5.18. The highest BCUT2D eigenvalue weighted by molar-refractivity contribution is 9.10. The van der Waals surface area contributed by atoms with Crippen molar-refractivity contribution in [3.63, 3.8) is 0 Å². The van der Waals surface area contributed by atoms with E-state index in [9.17, 15) is 4.79 Å². The topological polar surface area (TPSA) is 55.1 Å². The molecule has 3 nitrogen and oxygen atoms in total. The molecule has 0 fully saturated rings. The molecule has 0 aromatic heterocycles. The summed E-state index contributed by atoms with van der Waals surface area (Å²) in [7, 11) is 0. The van der Waals surface area contributed by atoms with Crippen LogP contribution in [0.2, 0.25) is 0 Å². The van der Waals surface area contributed by atoms with Crippen LogP contribution in [0.3, 0.4) is 0 Å². The fraction of sp³-hybridized carbons (Fsp3) is 0.533. The molecule has 0 saturated carbocycles. The van der Waals surface area contributed by atoms with Crippen LogP contribution in [0.4, 0.5) is 0 Å². The molecule has 1 amide bonds. The molecule has 1 unspecified atom stereocenters. The van der Waals surface area contributed by atoms with E-state index in [1.54, 1.807) is 11.8 Å². The van der Waals surface area contributed by atoms with Gasteiger partial charge >= 0.3 is 0 Å². The zero-order valence-corrected chi connectivity index (χ0v) is 14.7. The van der Waals surface area contributed by atoms with Crippen LogP contribution in [-0.2, 0) is 4.79 Å². The molecule has 0 heterocycles. The van der Waals surface area contributed by atoms with Crippen molar-refractivity contribution in [2.75, 3.05) is 12.3 Å². The minimum absolute atomic E-state index is 0.0613. The van der Waals surface area contributed by atoms with Crippen molar-refractivity contribution >= 4 is 33.6 Å². The molecule has 112 valence electrons. The van der Waals surface area contributed by atoms with Crippen LogP contribution < -0.4 is 11.1 Å². The van der Waals surface area contributed by atoms with Crippen molar-refractivity contribution in [1.82, 2.24) is 5.32 Å². The number of thioether (sulfide) groups is 1. The molecule has 0 aliphatic rings. The quantitative estimate of drug-likeness (QED) is 0.734. The van der Waals surface area contributed by atoms with Crippen molar-refractivity contribution in [2.24, 2.45) is 11.7 Å². The van der Waals surface area contributed by atoms with Crippen molar-refractivity contribution in [1.29, 1.82) is 0 Å². The second kappa shape index (κ2) is 8.05. The number of nitrogens with two attached hydrogens (primary N) is 1. The molecule has 3 N–H and O–H groups in total. The first-order valence-electron chi connectivity index (χ1n) is 6.77. The largest absolute Gasteiger partial charge is 0.349 e. The number of benzene rings is 1. The highest BCUT2D eigenvalue weighted by Crippen LogP contribution is 2.27. The molecule has 0 saturated heterocycles.